The van der Waals surface area contributed by atoms with Crippen LogP contribution in [0.1, 0.15) is 17.9 Å². The summed E-state index contributed by atoms with van der Waals surface area (Å²) in [6.07, 6.45) is 0.199. The molecule has 0 spiro atoms. The van der Waals surface area contributed by atoms with Crippen LogP contribution >= 0.6 is 0 Å². The lowest BCUT2D eigenvalue weighted by atomic mass is 10.0. The van der Waals surface area contributed by atoms with Crippen LogP contribution in [0.15, 0.2) is 42.5 Å². The fraction of sp³-hybridized carbons (Fsp3) is 0.267. The molecule has 0 amide bonds. The summed E-state index contributed by atoms with van der Waals surface area (Å²) in [5.74, 6) is -1.17. The zero-order valence-electron chi connectivity index (χ0n) is 10.9. The summed E-state index contributed by atoms with van der Waals surface area (Å²) in [6.45, 7) is 0. The highest BCUT2D eigenvalue weighted by Gasteiger charge is 2.73. The van der Waals surface area contributed by atoms with E-state index in [1.54, 1.807) is 0 Å². The summed E-state index contributed by atoms with van der Waals surface area (Å²) in [6, 6.07) is 13.5. The van der Waals surface area contributed by atoms with E-state index in [0.717, 1.165) is 16.3 Å². The van der Waals surface area contributed by atoms with Gasteiger partial charge in [-0.15, -0.1) is 0 Å². The Balaban J connectivity index is 2.01. The van der Waals surface area contributed by atoms with Gasteiger partial charge in [0.05, 0.1) is 13.0 Å². The summed E-state index contributed by atoms with van der Waals surface area (Å²) in [5.41, 5.74) is -0.789. The van der Waals surface area contributed by atoms with Gasteiger partial charge >= 0.3 is 11.5 Å². The highest BCUT2D eigenvalue weighted by atomic mass is 16.6. The Labute approximate surface area is 115 Å². The largest absolute Gasteiger partial charge is 0.464 e. The fourth-order valence-corrected chi connectivity index (χ4v) is 2.75. The van der Waals surface area contributed by atoms with E-state index in [-0.39, 0.29) is 6.42 Å². The maximum atomic E-state index is 11.7. The van der Waals surface area contributed by atoms with E-state index in [4.69, 9.17) is 0 Å². The third-order valence-corrected chi connectivity index (χ3v) is 3.97. The molecule has 5 nitrogen and oxygen atoms in total. The Bertz CT molecular complexity index is 712. The van der Waals surface area contributed by atoms with Gasteiger partial charge < -0.3 is 4.74 Å². The number of hydrogen-bond donors (Lipinski definition) is 0. The number of benzene rings is 2. The van der Waals surface area contributed by atoms with Gasteiger partial charge in [-0.2, -0.15) is 0 Å². The molecule has 1 aliphatic rings. The van der Waals surface area contributed by atoms with Crippen LogP contribution in [0, 0.1) is 10.1 Å². The molecule has 0 saturated heterocycles. The summed E-state index contributed by atoms with van der Waals surface area (Å²) >= 11 is 0. The first-order valence-corrected chi connectivity index (χ1v) is 6.31. The van der Waals surface area contributed by atoms with Crippen LogP contribution in [0.4, 0.5) is 0 Å². The summed E-state index contributed by atoms with van der Waals surface area (Å²) < 4.78 is 4.60. The van der Waals surface area contributed by atoms with Crippen molar-refractivity contribution >= 4 is 16.7 Å². The van der Waals surface area contributed by atoms with Crippen LogP contribution in [0.5, 0.6) is 0 Å². The van der Waals surface area contributed by atoms with E-state index in [1.165, 1.54) is 7.11 Å². The van der Waals surface area contributed by atoms with Crippen molar-refractivity contribution in [2.75, 3.05) is 7.11 Å². The number of carbonyl (C=O) groups is 1. The minimum Gasteiger partial charge on any atom is -0.464 e. The highest BCUT2D eigenvalue weighted by molar-refractivity contribution is 5.87. The van der Waals surface area contributed by atoms with Crippen molar-refractivity contribution in [2.24, 2.45) is 0 Å². The van der Waals surface area contributed by atoms with Crippen molar-refractivity contribution in [3.05, 3.63) is 58.1 Å². The van der Waals surface area contributed by atoms with Crippen LogP contribution < -0.4 is 0 Å². The fourth-order valence-electron chi connectivity index (χ4n) is 2.75. The maximum Gasteiger partial charge on any atom is 0.385 e. The minimum atomic E-state index is -1.60. The van der Waals surface area contributed by atoms with Gasteiger partial charge in [-0.1, -0.05) is 42.5 Å². The Hall–Kier alpha value is -2.43. The molecule has 0 aliphatic heterocycles. The highest BCUT2D eigenvalue weighted by Crippen LogP contribution is 2.54. The first-order valence-electron chi connectivity index (χ1n) is 6.31. The predicted molar refractivity (Wildman–Crippen MR) is 73.0 cm³/mol. The molecule has 3 rings (SSSR count). The van der Waals surface area contributed by atoms with Crippen LogP contribution in [-0.2, 0) is 9.53 Å². The van der Waals surface area contributed by atoms with Crippen molar-refractivity contribution in [3.8, 4) is 0 Å². The molecule has 5 heteroatoms. The van der Waals surface area contributed by atoms with Gasteiger partial charge in [-0.05, 0) is 16.3 Å². The third kappa shape index (κ3) is 1.66. The molecule has 1 aliphatic carbocycles. The normalized spacial score (nSPS) is 24.4. The number of nitro groups is 1. The molecule has 0 unspecified atom stereocenters. The Kier molecular flexibility index (Phi) is 2.71. The van der Waals surface area contributed by atoms with Gasteiger partial charge in [0.25, 0.3) is 0 Å². The molecule has 1 fully saturated rings. The Morgan fingerprint density at radius 1 is 1.30 bits per heavy atom. The molecule has 0 heterocycles. The number of carbonyl (C=O) groups excluding carboxylic acids is 1. The van der Waals surface area contributed by atoms with Crippen molar-refractivity contribution in [1.29, 1.82) is 0 Å². The summed E-state index contributed by atoms with van der Waals surface area (Å²) in [4.78, 5) is 22.4. The molecule has 0 bridgehead atoms. The van der Waals surface area contributed by atoms with E-state index in [0.29, 0.717) is 0 Å². The second-order valence-electron chi connectivity index (χ2n) is 5.04. The number of esters is 1. The molecule has 2 atom stereocenters. The van der Waals surface area contributed by atoms with E-state index >= 15 is 0 Å². The van der Waals surface area contributed by atoms with E-state index in [2.05, 4.69) is 4.74 Å². The molecule has 2 aromatic carbocycles. The molecule has 2 aromatic rings. The first-order chi connectivity index (χ1) is 9.59. The predicted octanol–water partition coefficient (Wildman–Crippen LogP) is 2.52. The Morgan fingerprint density at radius 2 is 2.00 bits per heavy atom. The van der Waals surface area contributed by atoms with Crippen LogP contribution in [0.3, 0.4) is 0 Å². The van der Waals surface area contributed by atoms with E-state index < -0.39 is 22.3 Å². The quantitative estimate of drug-likeness (QED) is 0.488. The van der Waals surface area contributed by atoms with Crippen molar-refractivity contribution in [1.82, 2.24) is 0 Å². The SMILES string of the molecule is COC(=O)[C@@]1([N+](=O)[O-])C[C@@H]1c1ccc2ccccc2c1. The van der Waals surface area contributed by atoms with Gasteiger partial charge in [0.1, 0.15) is 0 Å². The smallest absolute Gasteiger partial charge is 0.385 e. The molecule has 0 N–H and O–H groups in total. The standard InChI is InChI=1S/C15H13NO4/c1-20-14(17)15(16(18)19)9-13(15)12-7-6-10-4-2-3-5-11(10)8-12/h2-8,13H,9H2,1H3/t13-,15-/m1/s1. The molecular weight excluding hydrogens is 258 g/mol. The van der Waals surface area contributed by atoms with Gasteiger partial charge in [0.15, 0.2) is 0 Å². The van der Waals surface area contributed by atoms with Gasteiger partial charge in [-0.25, -0.2) is 4.79 Å². The number of fused-ring (bicyclic) bond motifs is 1. The van der Waals surface area contributed by atoms with Crippen molar-refractivity contribution in [3.63, 3.8) is 0 Å². The molecule has 20 heavy (non-hydrogen) atoms. The third-order valence-electron chi connectivity index (χ3n) is 3.97. The lowest BCUT2D eigenvalue weighted by molar-refractivity contribution is -0.526. The second-order valence-corrected chi connectivity index (χ2v) is 5.04. The number of ether oxygens (including phenoxy) is 1. The molecule has 0 radical (unpaired) electrons. The Morgan fingerprint density at radius 3 is 2.65 bits per heavy atom. The van der Waals surface area contributed by atoms with Crippen molar-refractivity contribution in [2.45, 2.75) is 17.9 Å². The number of methoxy groups -OCH3 is 1. The molecule has 0 aromatic heterocycles. The van der Waals surface area contributed by atoms with Gasteiger partial charge in [-0.3, -0.25) is 10.1 Å². The lowest BCUT2D eigenvalue weighted by Crippen LogP contribution is -2.34. The second kappa shape index (κ2) is 4.30. The lowest BCUT2D eigenvalue weighted by Gasteiger charge is -2.08. The van der Waals surface area contributed by atoms with E-state index in [1.807, 2.05) is 42.5 Å². The molecule has 1 saturated carbocycles. The topological polar surface area (TPSA) is 69.4 Å². The van der Waals surface area contributed by atoms with Crippen LogP contribution in [-0.4, -0.2) is 23.5 Å². The number of nitrogens with zero attached hydrogens (tertiary/aromatic N) is 1. The number of rotatable bonds is 3. The minimum absolute atomic E-state index is 0.199. The van der Waals surface area contributed by atoms with E-state index in [9.17, 15) is 14.9 Å². The summed E-state index contributed by atoms with van der Waals surface area (Å²) in [7, 11) is 1.18. The maximum absolute atomic E-state index is 11.7. The van der Waals surface area contributed by atoms with Crippen molar-refractivity contribution < 1.29 is 14.5 Å². The first kappa shape index (κ1) is 12.6. The van der Waals surface area contributed by atoms with Crippen LogP contribution in [0.2, 0.25) is 0 Å². The average molecular weight is 271 g/mol. The zero-order valence-corrected chi connectivity index (χ0v) is 10.9. The monoisotopic (exact) mass is 271 g/mol. The van der Waals surface area contributed by atoms with Gasteiger partial charge in [0.2, 0.25) is 0 Å². The van der Waals surface area contributed by atoms with Gasteiger partial charge in [0, 0.05) is 11.3 Å². The zero-order chi connectivity index (χ0) is 14.3. The van der Waals surface area contributed by atoms with Crippen LogP contribution in [0.25, 0.3) is 10.8 Å². The molecular formula is C15H13NO4. The average Bonchev–Trinajstić information content (AvgIpc) is 3.23. The molecule has 102 valence electrons. The number of hydrogen-bond acceptors (Lipinski definition) is 4. The summed E-state index contributed by atoms with van der Waals surface area (Å²) in [5, 5.41) is 13.3.